The Kier molecular flexibility index (Phi) is 11.4. The molecule has 0 aromatic carbocycles. The summed E-state index contributed by atoms with van der Waals surface area (Å²) in [7, 11) is 1.42. The van der Waals surface area contributed by atoms with E-state index in [0.717, 1.165) is 64.2 Å². The number of hydrogen-bond donors (Lipinski definition) is 0. The molecule has 1 aliphatic rings. The standard InChI is InChI=1S/C21H36O4/c1-3-4-7-10-18(22)15-13-17-14-16-20(23)19(17)11-8-5-6-9-12-21(24)25-2/h17,19H,3-16H2,1-2H3. The van der Waals surface area contributed by atoms with Gasteiger partial charge in [0.15, 0.2) is 0 Å². The molecule has 25 heavy (non-hydrogen) atoms. The van der Waals surface area contributed by atoms with Crippen molar-refractivity contribution < 1.29 is 19.1 Å². The van der Waals surface area contributed by atoms with Gasteiger partial charge in [-0.1, -0.05) is 39.0 Å². The zero-order chi connectivity index (χ0) is 18.5. The second-order valence-electron chi connectivity index (χ2n) is 7.44. The smallest absolute Gasteiger partial charge is 0.305 e. The average molecular weight is 353 g/mol. The first kappa shape index (κ1) is 21.9. The fourth-order valence-corrected chi connectivity index (χ4v) is 3.85. The summed E-state index contributed by atoms with van der Waals surface area (Å²) in [6, 6.07) is 0. The van der Waals surface area contributed by atoms with Gasteiger partial charge in [-0.15, -0.1) is 0 Å². The van der Waals surface area contributed by atoms with Crippen molar-refractivity contribution in [3.05, 3.63) is 0 Å². The van der Waals surface area contributed by atoms with Crippen LogP contribution in [0.5, 0.6) is 0 Å². The Morgan fingerprint density at radius 3 is 2.40 bits per heavy atom. The molecule has 1 rings (SSSR count). The summed E-state index contributed by atoms with van der Waals surface area (Å²) in [5.41, 5.74) is 0. The third kappa shape index (κ3) is 9.18. The molecule has 0 amide bonds. The summed E-state index contributed by atoms with van der Waals surface area (Å²) in [5, 5.41) is 0. The van der Waals surface area contributed by atoms with E-state index in [1.807, 2.05) is 0 Å². The van der Waals surface area contributed by atoms with Gasteiger partial charge in [0.05, 0.1) is 7.11 Å². The Bertz CT molecular complexity index is 416. The zero-order valence-electron chi connectivity index (χ0n) is 16.2. The molecule has 0 saturated heterocycles. The molecule has 0 aromatic heterocycles. The monoisotopic (exact) mass is 352 g/mol. The molecule has 4 nitrogen and oxygen atoms in total. The first-order valence-electron chi connectivity index (χ1n) is 10.2. The normalized spacial score (nSPS) is 20.0. The molecule has 0 N–H and O–H groups in total. The first-order chi connectivity index (χ1) is 12.1. The van der Waals surface area contributed by atoms with Gasteiger partial charge in [0.2, 0.25) is 0 Å². The number of carbonyl (C=O) groups excluding carboxylic acids is 3. The molecule has 144 valence electrons. The van der Waals surface area contributed by atoms with Crippen LogP contribution >= 0.6 is 0 Å². The van der Waals surface area contributed by atoms with Crippen molar-refractivity contribution >= 4 is 17.5 Å². The molecule has 0 aliphatic heterocycles. The number of esters is 1. The van der Waals surface area contributed by atoms with E-state index in [1.165, 1.54) is 7.11 Å². The van der Waals surface area contributed by atoms with Gasteiger partial charge in [-0.05, 0) is 38.0 Å². The van der Waals surface area contributed by atoms with Crippen LogP contribution in [0, 0.1) is 11.8 Å². The van der Waals surface area contributed by atoms with Crippen LogP contribution in [0.3, 0.4) is 0 Å². The molecule has 1 aliphatic carbocycles. The third-order valence-electron chi connectivity index (χ3n) is 5.47. The molecule has 1 fully saturated rings. The molecule has 0 radical (unpaired) electrons. The van der Waals surface area contributed by atoms with Gasteiger partial charge in [0.25, 0.3) is 0 Å². The Labute approximate surface area is 153 Å². The van der Waals surface area contributed by atoms with Crippen molar-refractivity contribution in [1.82, 2.24) is 0 Å². The lowest BCUT2D eigenvalue weighted by Gasteiger charge is -2.18. The van der Waals surface area contributed by atoms with E-state index in [2.05, 4.69) is 11.7 Å². The van der Waals surface area contributed by atoms with Crippen molar-refractivity contribution in [2.24, 2.45) is 11.8 Å². The van der Waals surface area contributed by atoms with E-state index >= 15 is 0 Å². The molecule has 4 heteroatoms. The van der Waals surface area contributed by atoms with Crippen molar-refractivity contribution in [3.63, 3.8) is 0 Å². The Morgan fingerprint density at radius 2 is 1.68 bits per heavy atom. The van der Waals surface area contributed by atoms with Crippen LogP contribution in [0.25, 0.3) is 0 Å². The molecule has 0 bridgehead atoms. The predicted molar refractivity (Wildman–Crippen MR) is 99.3 cm³/mol. The molecule has 0 heterocycles. The highest BCUT2D eigenvalue weighted by Crippen LogP contribution is 2.36. The lowest BCUT2D eigenvalue weighted by molar-refractivity contribution is -0.140. The van der Waals surface area contributed by atoms with Crippen LogP contribution in [0.1, 0.15) is 96.8 Å². The second-order valence-corrected chi connectivity index (χ2v) is 7.44. The number of methoxy groups -OCH3 is 1. The van der Waals surface area contributed by atoms with Gasteiger partial charge < -0.3 is 4.74 Å². The number of ketones is 2. The quantitative estimate of drug-likeness (QED) is 0.325. The van der Waals surface area contributed by atoms with E-state index < -0.39 is 0 Å². The maximum atomic E-state index is 12.1. The summed E-state index contributed by atoms with van der Waals surface area (Å²) in [6.07, 6.45) is 12.6. The van der Waals surface area contributed by atoms with E-state index in [-0.39, 0.29) is 11.9 Å². The summed E-state index contributed by atoms with van der Waals surface area (Å²) in [4.78, 5) is 35.1. The summed E-state index contributed by atoms with van der Waals surface area (Å²) >= 11 is 0. The fraction of sp³-hybridized carbons (Fsp3) is 0.857. The number of unbranched alkanes of at least 4 members (excludes halogenated alkanes) is 5. The maximum Gasteiger partial charge on any atom is 0.305 e. The van der Waals surface area contributed by atoms with Gasteiger partial charge in [0, 0.05) is 31.6 Å². The topological polar surface area (TPSA) is 60.4 Å². The number of ether oxygens (including phenoxy) is 1. The molecule has 1 saturated carbocycles. The fourth-order valence-electron chi connectivity index (χ4n) is 3.85. The highest BCUT2D eigenvalue weighted by Gasteiger charge is 2.33. The van der Waals surface area contributed by atoms with Crippen LogP contribution < -0.4 is 0 Å². The second kappa shape index (κ2) is 13.1. The van der Waals surface area contributed by atoms with Crippen LogP contribution in [-0.2, 0) is 19.1 Å². The molecular weight excluding hydrogens is 316 g/mol. The van der Waals surface area contributed by atoms with Gasteiger partial charge in [-0.2, -0.15) is 0 Å². The highest BCUT2D eigenvalue weighted by atomic mass is 16.5. The summed E-state index contributed by atoms with van der Waals surface area (Å²) in [6.45, 7) is 2.15. The molecule has 0 aromatic rings. The minimum Gasteiger partial charge on any atom is -0.469 e. The van der Waals surface area contributed by atoms with Gasteiger partial charge in [0.1, 0.15) is 11.6 Å². The highest BCUT2D eigenvalue weighted by molar-refractivity contribution is 5.83. The van der Waals surface area contributed by atoms with Gasteiger partial charge in [-0.3, -0.25) is 14.4 Å². The Hall–Kier alpha value is -1.19. The van der Waals surface area contributed by atoms with Crippen LogP contribution in [0.4, 0.5) is 0 Å². The van der Waals surface area contributed by atoms with Crippen LogP contribution in [0.2, 0.25) is 0 Å². The van der Waals surface area contributed by atoms with E-state index in [9.17, 15) is 14.4 Å². The van der Waals surface area contributed by atoms with Crippen molar-refractivity contribution in [3.8, 4) is 0 Å². The van der Waals surface area contributed by atoms with E-state index in [0.29, 0.717) is 43.2 Å². The lowest BCUT2D eigenvalue weighted by atomic mass is 9.86. The van der Waals surface area contributed by atoms with Gasteiger partial charge >= 0.3 is 5.97 Å². The number of carbonyl (C=O) groups is 3. The SMILES string of the molecule is CCCCCC(=O)CCC1CCC(=O)C1CCCCCCC(=O)OC. The van der Waals surface area contributed by atoms with E-state index in [1.54, 1.807) is 0 Å². The van der Waals surface area contributed by atoms with Crippen molar-refractivity contribution in [1.29, 1.82) is 0 Å². The largest absolute Gasteiger partial charge is 0.469 e. The zero-order valence-corrected chi connectivity index (χ0v) is 16.2. The molecule has 2 atom stereocenters. The summed E-state index contributed by atoms with van der Waals surface area (Å²) < 4.78 is 4.63. The average Bonchev–Trinajstić information content (AvgIpc) is 2.96. The molecular formula is C21H36O4. The third-order valence-corrected chi connectivity index (χ3v) is 5.47. The number of hydrogen-bond acceptors (Lipinski definition) is 4. The Balaban J connectivity index is 2.19. The van der Waals surface area contributed by atoms with Crippen LogP contribution in [-0.4, -0.2) is 24.6 Å². The molecule has 0 spiro atoms. The minimum atomic E-state index is -0.144. The lowest BCUT2D eigenvalue weighted by Crippen LogP contribution is -2.16. The van der Waals surface area contributed by atoms with Crippen LogP contribution in [0.15, 0.2) is 0 Å². The Morgan fingerprint density at radius 1 is 0.960 bits per heavy atom. The van der Waals surface area contributed by atoms with Crippen molar-refractivity contribution in [2.45, 2.75) is 96.8 Å². The number of rotatable bonds is 14. The van der Waals surface area contributed by atoms with Crippen molar-refractivity contribution in [2.75, 3.05) is 7.11 Å². The number of Topliss-reactive ketones (excluding diaryl/α,β-unsaturated/α-hetero) is 2. The van der Waals surface area contributed by atoms with Gasteiger partial charge in [-0.25, -0.2) is 0 Å². The summed E-state index contributed by atoms with van der Waals surface area (Å²) in [5.74, 6) is 1.21. The predicted octanol–water partition coefficient (Wildman–Crippen LogP) is 5.02. The first-order valence-corrected chi connectivity index (χ1v) is 10.2. The van der Waals surface area contributed by atoms with E-state index in [4.69, 9.17) is 0 Å². The minimum absolute atomic E-state index is 0.144. The molecule has 2 unspecified atom stereocenters. The maximum absolute atomic E-state index is 12.1.